The maximum absolute atomic E-state index is 13.2. The number of carbonyl (C=O) groups is 2. The number of fused-ring (bicyclic) bond motifs is 1. The Morgan fingerprint density at radius 1 is 1.13 bits per heavy atom. The van der Waals surface area contributed by atoms with Crippen molar-refractivity contribution in [1.82, 2.24) is 14.5 Å². The van der Waals surface area contributed by atoms with Gasteiger partial charge in [0.25, 0.3) is 11.8 Å². The number of benzene rings is 1. The van der Waals surface area contributed by atoms with Gasteiger partial charge in [-0.15, -0.1) is 0 Å². The van der Waals surface area contributed by atoms with Crippen LogP contribution in [-0.4, -0.2) is 32.9 Å². The molecule has 3 heterocycles. The van der Waals surface area contributed by atoms with Gasteiger partial charge in [0, 0.05) is 36.9 Å². The van der Waals surface area contributed by atoms with Crippen LogP contribution in [-0.2, 0) is 6.18 Å². The standard InChI is InChI=1S/C20H16F3N5O2/c1-12-11-28(14-5-3-13(4-6-14)20(21,22)23)18(30)16-15(7-10-27(12)16)17(29)26-19-24-8-2-9-25-19/h2-10,12H,11H2,1H3,(H,24,25,26,29)/t12-/m0/s1. The van der Waals surface area contributed by atoms with Crippen molar-refractivity contribution in [3.8, 4) is 0 Å². The third-order valence-electron chi connectivity index (χ3n) is 4.83. The maximum atomic E-state index is 13.2. The van der Waals surface area contributed by atoms with Crippen LogP contribution in [0.25, 0.3) is 0 Å². The van der Waals surface area contributed by atoms with Gasteiger partial charge in [0.15, 0.2) is 0 Å². The van der Waals surface area contributed by atoms with Crippen molar-refractivity contribution < 1.29 is 22.8 Å². The summed E-state index contributed by atoms with van der Waals surface area (Å²) in [6, 6.07) is 7.31. The molecule has 2 amide bonds. The van der Waals surface area contributed by atoms with Crippen LogP contribution in [0.2, 0.25) is 0 Å². The Morgan fingerprint density at radius 2 is 1.80 bits per heavy atom. The number of rotatable bonds is 3. The molecule has 7 nitrogen and oxygen atoms in total. The minimum absolute atomic E-state index is 0.0957. The highest BCUT2D eigenvalue weighted by Gasteiger charge is 2.35. The first-order valence-corrected chi connectivity index (χ1v) is 9.04. The SMILES string of the molecule is C[C@H]1CN(c2ccc(C(F)(F)F)cc2)C(=O)c2c(C(=O)Nc3ncccn3)ccn21. The summed E-state index contributed by atoms with van der Waals surface area (Å²) >= 11 is 0. The van der Waals surface area contributed by atoms with Crippen LogP contribution in [0.4, 0.5) is 24.8 Å². The third-order valence-corrected chi connectivity index (χ3v) is 4.83. The number of carbonyl (C=O) groups excluding carboxylic acids is 2. The van der Waals surface area contributed by atoms with E-state index in [2.05, 4.69) is 15.3 Å². The number of amides is 2. The highest BCUT2D eigenvalue weighted by atomic mass is 19.4. The van der Waals surface area contributed by atoms with E-state index in [1.54, 1.807) is 16.8 Å². The molecular formula is C20H16F3N5O2. The van der Waals surface area contributed by atoms with E-state index in [4.69, 9.17) is 0 Å². The summed E-state index contributed by atoms with van der Waals surface area (Å²) in [6.45, 7) is 2.11. The second kappa shape index (κ2) is 7.29. The Bertz CT molecular complexity index is 1090. The summed E-state index contributed by atoms with van der Waals surface area (Å²) in [4.78, 5) is 35.1. The largest absolute Gasteiger partial charge is 0.416 e. The van der Waals surface area contributed by atoms with Gasteiger partial charge >= 0.3 is 6.18 Å². The lowest BCUT2D eigenvalue weighted by atomic mass is 10.1. The van der Waals surface area contributed by atoms with Crippen molar-refractivity contribution in [1.29, 1.82) is 0 Å². The highest BCUT2D eigenvalue weighted by Crippen LogP contribution is 2.33. The zero-order valence-corrected chi connectivity index (χ0v) is 15.7. The van der Waals surface area contributed by atoms with E-state index in [9.17, 15) is 22.8 Å². The van der Waals surface area contributed by atoms with Gasteiger partial charge in [-0.1, -0.05) is 0 Å². The fourth-order valence-electron chi connectivity index (χ4n) is 3.37. The van der Waals surface area contributed by atoms with Gasteiger partial charge in [-0.2, -0.15) is 13.2 Å². The molecule has 0 unspecified atom stereocenters. The van der Waals surface area contributed by atoms with Crippen LogP contribution in [0.1, 0.15) is 39.4 Å². The topological polar surface area (TPSA) is 80.1 Å². The zero-order valence-electron chi connectivity index (χ0n) is 15.7. The molecule has 0 fully saturated rings. The average molecular weight is 415 g/mol. The van der Waals surface area contributed by atoms with Crippen molar-refractivity contribution >= 4 is 23.5 Å². The van der Waals surface area contributed by atoms with Gasteiger partial charge in [0.1, 0.15) is 5.69 Å². The molecule has 3 aromatic rings. The Labute approximate surface area is 169 Å². The Kier molecular flexibility index (Phi) is 4.76. The number of nitrogens with one attached hydrogen (secondary N) is 1. The smallest absolute Gasteiger partial charge is 0.338 e. The lowest BCUT2D eigenvalue weighted by Crippen LogP contribution is -2.43. The minimum Gasteiger partial charge on any atom is -0.338 e. The van der Waals surface area contributed by atoms with Gasteiger partial charge in [0.05, 0.1) is 11.1 Å². The summed E-state index contributed by atoms with van der Waals surface area (Å²) in [5.74, 6) is -0.930. The van der Waals surface area contributed by atoms with Crippen LogP contribution in [0.5, 0.6) is 0 Å². The van der Waals surface area contributed by atoms with E-state index in [1.165, 1.54) is 35.5 Å². The molecule has 4 rings (SSSR count). The van der Waals surface area contributed by atoms with Gasteiger partial charge < -0.3 is 9.47 Å². The molecule has 0 aliphatic carbocycles. The second-order valence-electron chi connectivity index (χ2n) is 6.82. The van der Waals surface area contributed by atoms with E-state index < -0.39 is 23.6 Å². The minimum atomic E-state index is -4.46. The van der Waals surface area contributed by atoms with E-state index in [0.29, 0.717) is 5.69 Å². The van der Waals surface area contributed by atoms with Crippen molar-refractivity contribution in [3.05, 3.63) is 71.8 Å². The lowest BCUT2D eigenvalue weighted by Gasteiger charge is -2.33. The molecule has 10 heteroatoms. The molecule has 2 aromatic heterocycles. The summed E-state index contributed by atoms with van der Waals surface area (Å²) in [7, 11) is 0. The molecule has 0 bridgehead atoms. The molecule has 1 aliphatic heterocycles. The van der Waals surface area contributed by atoms with Gasteiger partial charge in [-0.3, -0.25) is 14.9 Å². The first-order valence-electron chi connectivity index (χ1n) is 9.04. The van der Waals surface area contributed by atoms with E-state index in [1.807, 2.05) is 6.92 Å². The molecule has 154 valence electrons. The molecule has 1 atom stereocenters. The quantitative estimate of drug-likeness (QED) is 0.706. The molecule has 0 radical (unpaired) electrons. The number of hydrogen-bond acceptors (Lipinski definition) is 4. The molecule has 0 saturated carbocycles. The summed E-state index contributed by atoms with van der Waals surface area (Å²) < 4.78 is 40.2. The molecule has 1 aromatic carbocycles. The Balaban J connectivity index is 1.65. The van der Waals surface area contributed by atoms with Crippen LogP contribution in [0, 0.1) is 0 Å². The monoisotopic (exact) mass is 415 g/mol. The predicted molar refractivity (Wildman–Crippen MR) is 102 cm³/mol. The van der Waals surface area contributed by atoms with Crippen molar-refractivity contribution in [2.45, 2.75) is 19.1 Å². The van der Waals surface area contributed by atoms with E-state index in [-0.39, 0.29) is 29.8 Å². The molecule has 1 aliphatic rings. The Morgan fingerprint density at radius 3 is 2.43 bits per heavy atom. The number of anilines is 2. The van der Waals surface area contributed by atoms with E-state index in [0.717, 1.165) is 12.1 Å². The Hall–Kier alpha value is -3.69. The summed E-state index contributed by atoms with van der Waals surface area (Å²) in [5, 5.41) is 2.54. The van der Waals surface area contributed by atoms with Crippen LogP contribution >= 0.6 is 0 Å². The van der Waals surface area contributed by atoms with Crippen LogP contribution in [0.15, 0.2) is 55.0 Å². The highest BCUT2D eigenvalue weighted by molar-refractivity contribution is 6.15. The number of aromatic nitrogens is 3. The van der Waals surface area contributed by atoms with Gasteiger partial charge in [-0.05, 0) is 43.3 Å². The normalized spacial score (nSPS) is 16.3. The number of hydrogen-bond donors (Lipinski definition) is 1. The average Bonchev–Trinajstić information content (AvgIpc) is 3.17. The molecule has 0 saturated heterocycles. The number of nitrogens with zero attached hydrogens (tertiary/aromatic N) is 4. The van der Waals surface area contributed by atoms with Crippen molar-refractivity contribution in [2.24, 2.45) is 0 Å². The first kappa shape index (κ1) is 19.6. The molecule has 1 N–H and O–H groups in total. The maximum Gasteiger partial charge on any atom is 0.416 e. The summed E-state index contributed by atoms with van der Waals surface area (Å²) in [5.41, 5.74) is -0.182. The second-order valence-corrected chi connectivity index (χ2v) is 6.82. The van der Waals surface area contributed by atoms with Crippen LogP contribution < -0.4 is 10.2 Å². The lowest BCUT2D eigenvalue weighted by molar-refractivity contribution is -0.137. The van der Waals surface area contributed by atoms with Gasteiger partial charge in [-0.25, -0.2) is 9.97 Å². The van der Waals surface area contributed by atoms with Crippen molar-refractivity contribution in [3.63, 3.8) is 0 Å². The fourth-order valence-corrected chi connectivity index (χ4v) is 3.37. The third kappa shape index (κ3) is 3.51. The molecule has 0 spiro atoms. The fraction of sp³-hybridized carbons (Fsp3) is 0.200. The van der Waals surface area contributed by atoms with Gasteiger partial charge in [0.2, 0.25) is 5.95 Å². The zero-order chi connectivity index (χ0) is 21.5. The van der Waals surface area contributed by atoms with Crippen molar-refractivity contribution in [2.75, 3.05) is 16.8 Å². The number of halogens is 3. The molecular weight excluding hydrogens is 399 g/mol. The summed E-state index contributed by atoms with van der Waals surface area (Å²) in [6.07, 6.45) is 0.120. The van der Waals surface area contributed by atoms with Crippen LogP contribution in [0.3, 0.4) is 0 Å². The predicted octanol–water partition coefficient (Wildman–Crippen LogP) is 3.77. The molecule has 30 heavy (non-hydrogen) atoms. The first-order chi connectivity index (χ1) is 14.3. The van der Waals surface area contributed by atoms with E-state index >= 15 is 0 Å². The number of alkyl halides is 3.